The van der Waals surface area contributed by atoms with Gasteiger partial charge in [-0.15, -0.1) is 13.2 Å². The Kier molecular flexibility index (Phi) is 6.41. The molecule has 9 nitrogen and oxygen atoms in total. The molecule has 178 valence electrons. The monoisotopic (exact) mass is 468 g/mol. The van der Waals surface area contributed by atoms with Gasteiger partial charge in [0.15, 0.2) is 5.82 Å². The van der Waals surface area contributed by atoms with Gasteiger partial charge < -0.3 is 25.2 Å². The molecule has 0 unspecified atom stereocenters. The largest absolute Gasteiger partial charge is 0.573 e. The number of methoxy groups -OCH3 is 1. The number of carbonyl (C=O) groups excluding carboxylic acids is 2. The molecule has 0 saturated carbocycles. The van der Waals surface area contributed by atoms with Crippen molar-refractivity contribution in [1.29, 1.82) is 0 Å². The van der Waals surface area contributed by atoms with E-state index in [-0.39, 0.29) is 18.1 Å². The average Bonchev–Trinajstić information content (AvgIpc) is 2.70. The molecule has 1 aliphatic heterocycles. The number of pyridine rings is 1. The number of carbonyl (C=O) groups is 2. The summed E-state index contributed by atoms with van der Waals surface area (Å²) in [6.45, 7) is 4.22. The van der Waals surface area contributed by atoms with Crippen molar-refractivity contribution in [3.05, 3.63) is 41.6 Å². The van der Waals surface area contributed by atoms with Gasteiger partial charge in [0.2, 0.25) is 5.91 Å². The van der Waals surface area contributed by atoms with E-state index in [4.69, 9.17) is 4.74 Å². The van der Waals surface area contributed by atoms with E-state index in [1.165, 1.54) is 33.1 Å². The fourth-order valence-electron chi connectivity index (χ4n) is 3.39. The van der Waals surface area contributed by atoms with Gasteiger partial charge in [-0.3, -0.25) is 9.69 Å². The van der Waals surface area contributed by atoms with Crippen LogP contribution >= 0.6 is 0 Å². The van der Waals surface area contributed by atoms with Gasteiger partial charge in [0.1, 0.15) is 18.0 Å². The predicted molar refractivity (Wildman–Crippen MR) is 112 cm³/mol. The number of nitrogens with one attached hydrogen (secondary N) is 2. The van der Waals surface area contributed by atoms with Gasteiger partial charge in [0.05, 0.1) is 30.1 Å². The molecule has 3 rings (SSSR count). The van der Waals surface area contributed by atoms with Gasteiger partial charge in [-0.25, -0.2) is 9.78 Å². The number of fused-ring (bicyclic) bond motifs is 1. The third-order valence-corrected chi connectivity index (χ3v) is 4.86. The summed E-state index contributed by atoms with van der Waals surface area (Å²) in [4.78, 5) is 30.8. The molecule has 1 atom stereocenters. The first-order valence-electron chi connectivity index (χ1n) is 9.80. The molecule has 3 amide bonds. The highest BCUT2D eigenvalue weighted by atomic mass is 19.4. The van der Waals surface area contributed by atoms with E-state index in [0.717, 1.165) is 17.0 Å². The summed E-state index contributed by atoms with van der Waals surface area (Å²) >= 11 is 0. The molecular weight excluding hydrogens is 445 g/mol. The lowest BCUT2D eigenvalue weighted by Crippen LogP contribution is -2.51. The Labute approximate surface area is 187 Å². The number of anilines is 2. The van der Waals surface area contributed by atoms with Gasteiger partial charge in [-0.1, -0.05) is 12.1 Å². The Bertz CT molecular complexity index is 1050. The number of aryl methyl sites for hydroxylation is 1. The summed E-state index contributed by atoms with van der Waals surface area (Å²) in [7, 11) is 1.45. The van der Waals surface area contributed by atoms with E-state index in [2.05, 4.69) is 20.4 Å². The highest BCUT2D eigenvalue weighted by molar-refractivity contribution is 6.08. The van der Waals surface area contributed by atoms with Crippen LogP contribution in [0.25, 0.3) is 0 Å². The first-order valence-corrected chi connectivity index (χ1v) is 9.80. The number of aliphatic hydroxyl groups is 1. The average molecular weight is 468 g/mol. The standard InChI is InChI=1S/C21H23F3N4O5/c1-11-15(32-4)9-14-18(25-11)28(10-16(29)26-14)19(30)27-17(20(2,3)31)12-5-7-13(8-6-12)33-21(22,23)24/h5-9,17,31H,10H2,1-4H3,(H,26,29)(H,27,30)/t17-/m1/s1. The molecule has 0 radical (unpaired) electrons. The molecule has 33 heavy (non-hydrogen) atoms. The number of amides is 3. The van der Waals surface area contributed by atoms with Gasteiger partial charge in [0, 0.05) is 6.07 Å². The second kappa shape index (κ2) is 8.77. The molecule has 0 spiro atoms. The molecule has 0 bridgehead atoms. The van der Waals surface area contributed by atoms with Crippen molar-refractivity contribution < 1.29 is 37.3 Å². The van der Waals surface area contributed by atoms with E-state index in [1.54, 1.807) is 13.0 Å². The third-order valence-electron chi connectivity index (χ3n) is 4.86. The summed E-state index contributed by atoms with van der Waals surface area (Å²) in [6, 6.07) is 4.54. The molecular formula is C21H23F3N4O5. The number of nitrogens with zero attached hydrogens (tertiary/aromatic N) is 2. The van der Waals surface area contributed by atoms with Crippen molar-refractivity contribution in [2.45, 2.75) is 38.8 Å². The highest BCUT2D eigenvalue weighted by Crippen LogP contribution is 2.34. The summed E-state index contributed by atoms with van der Waals surface area (Å²) in [6.07, 6.45) is -4.85. The van der Waals surface area contributed by atoms with Crippen molar-refractivity contribution in [3.63, 3.8) is 0 Å². The SMILES string of the molecule is COc1cc2c(nc1C)N(C(=O)N[C@H](c1ccc(OC(F)(F)F)cc1)C(C)(C)O)CC(=O)N2. The quantitative estimate of drug-likeness (QED) is 0.621. The van der Waals surface area contributed by atoms with E-state index < -0.39 is 35.7 Å². The number of alkyl halides is 3. The molecule has 1 aromatic carbocycles. The van der Waals surface area contributed by atoms with Crippen LogP contribution in [0.4, 0.5) is 29.5 Å². The molecule has 2 heterocycles. The van der Waals surface area contributed by atoms with E-state index in [1.807, 2.05) is 0 Å². The van der Waals surface area contributed by atoms with Gasteiger partial charge in [-0.2, -0.15) is 0 Å². The second-order valence-corrected chi connectivity index (χ2v) is 7.93. The van der Waals surface area contributed by atoms with Crippen molar-refractivity contribution in [3.8, 4) is 11.5 Å². The predicted octanol–water partition coefficient (Wildman–Crippen LogP) is 3.28. The highest BCUT2D eigenvalue weighted by Gasteiger charge is 2.36. The number of ether oxygens (including phenoxy) is 2. The normalized spacial score (nSPS) is 14.8. The number of aromatic nitrogens is 1. The lowest BCUT2D eigenvalue weighted by molar-refractivity contribution is -0.274. The Hall–Kier alpha value is -3.54. The van der Waals surface area contributed by atoms with Crippen molar-refractivity contribution >= 4 is 23.4 Å². The van der Waals surface area contributed by atoms with Crippen LogP contribution in [0.5, 0.6) is 11.5 Å². The van der Waals surface area contributed by atoms with Crippen LogP contribution in [0.3, 0.4) is 0 Å². The van der Waals surface area contributed by atoms with Crippen LogP contribution in [0, 0.1) is 6.92 Å². The number of halogens is 3. The summed E-state index contributed by atoms with van der Waals surface area (Å²) in [5.41, 5.74) is -0.417. The Morgan fingerprint density at radius 3 is 2.45 bits per heavy atom. The minimum absolute atomic E-state index is 0.189. The zero-order valence-corrected chi connectivity index (χ0v) is 18.3. The van der Waals surface area contributed by atoms with Gasteiger partial charge in [-0.05, 0) is 38.5 Å². The van der Waals surface area contributed by atoms with E-state index in [9.17, 15) is 27.9 Å². The Balaban J connectivity index is 1.89. The maximum atomic E-state index is 13.1. The Morgan fingerprint density at radius 2 is 1.91 bits per heavy atom. The fraction of sp³-hybridized carbons (Fsp3) is 0.381. The van der Waals surface area contributed by atoms with Crippen LogP contribution in [0.1, 0.15) is 31.1 Å². The summed E-state index contributed by atoms with van der Waals surface area (Å²) in [5, 5.41) is 15.9. The van der Waals surface area contributed by atoms with Crippen molar-refractivity contribution in [2.24, 2.45) is 0 Å². The minimum Gasteiger partial charge on any atom is -0.495 e. The number of hydrogen-bond donors (Lipinski definition) is 3. The number of urea groups is 1. The van der Waals surface area contributed by atoms with Crippen LogP contribution < -0.4 is 25.0 Å². The van der Waals surface area contributed by atoms with Crippen LogP contribution in [-0.2, 0) is 4.79 Å². The number of benzene rings is 1. The first-order chi connectivity index (χ1) is 15.3. The molecule has 12 heteroatoms. The molecule has 0 fully saturated rings. The summed E-state index contributed by atoms with van der Waals surface area (Å²) < 4.78 is 46.3. The number of rotatable bonds is 5. The molecule has 0 aliphatic carbocycles. The number of hydrogen-bond acceptors (Lipinski definition) is 6. The zero-order chi connectivity index (χ0) is 24.6. The topological polar surface area (TPSA) is 113 Å². The molecule has 1 aliphatic rings. The van der Waals surface area contributed by atoms with Crippen molar-refractivity contribution in [1.82, 2.24) is 10.3 Å². The molecule has 3 N–H and O–H groups in total. The summed E-state index contributed by atoms with van der Waals surface area (Å²) in [5.74, 6) is -0.290. The van der Waals surface area contributed by atoms with Gasteiger partial charge >= 0.3 is 12.4 Å². The van der Waals surface area contributed by atoms with Crippen LogP contribution in [0.15, 0.2) is 30.3 Å². The molecule has 1 aromatic heterocycles. The second-order valence-electron chi connectivity index (χ2n) is 7.93. The van der Waals surface area contributed by atoms with Gasteiger partial charge in [0.25, 0.3) is 0 Å². The molecule has 2 aromatic rings. The maximum Gasteiger partial charge on any atom is 0.573 e. The Morgan fingerprint density at radius 1 is 1.27 bits per heavy atom. The van der Waals surface area contributed by atoms with Crippen molar-refractivity contribution in [2.75, 3.05) is 23.9 Å². The van der Waals surface area contributed by atoms with Crippen LogP contribution in [0.2, 0.25) is 0 Å². The van der Waals surface area contributed by atoms with E-state index in [0.29, 0.717) is 17.0 Å². The third kappa shape index (κ3) is 5.64. The molecule has 0 saturated heterocycles. The van der Waals surface area contributed by atoms with E-state index >= 15 is 0 Å². The lowest BCUT2D eigenvalue weighted by atomic mass is 9.92. The van der Waals surface area contributed by atoms with Crippen LogP contribution in [-0.4, -0.2) is 47.6 Å². The smallest absolute Gasteiger partial charge is 0.495 e. The first kappa shape index (κ1) is 24.1. The lowest BCUT2D eigenvalue weighted by Gasteiger charge is -2.34. The zero-order valence-electron chi connectivity index (χ0n) is 18.3. The maximum absolute atomic E-state index is 13.1. The fourth-order valence-corrected chi connectivity index (χ4v) is 3.39. The minimum atomic E-state index is -4.85.